The first-order chi connectivity index (χ1) is 14.0. The zero-order chi connectivity index (χ0) is 20.7. The number of ether oxygens (including phenoxy) is 1. The summed E-state index contributed by atoms with van der Waals surface area (Å²) >= 11 is 0. The molecule has 1 aliphatic heterocycles. The summed E-state index contributed by atoms with van der Waals surface area (Å²) in [4.78, 5) is 9.13. The van der Waals surface area contributed by atoms with E-state index in [1.54, 1.807) is 38.4 Å². The number of nitrogens with zero attached hydrogens (tertiary/aromatic N) is 3. The number of sulfone groups is 1. The van der Waals surface area contributed by atoms with Crippen LogP contribution in [0.15, 0.2) is 64.5 Å². The summed E-state index contributed by atoms with van der Waals surface area (Å²) in [6.45, 7) is 3.58. The summed E-state index contributed by atoms with van der Waals surface area (Å²) in [6.07, 6.45) is 0. The Labute approximate surface area is 172 Å². The van der Waals surface area contributed by atoms with Crippen molar-refractivity contribution in [3.05, 3.63) is 54.6 Å². The first-order valence-electron chi connectivity index (χ1n) is 9.66. The number of anilines is 1. The maximum Gasteiger partial charge on any atom is 0.193 e. The molecular formula is C21H28N4O3S. The Bertz CT molecular complexity index is 924. The minimum absolute atomic E-state index is 0.0250. The SMILES string of the molecule is CN=C(NCCS(=O)(=O)c1ccccc1)N1CCN(c2ccccc2OC)CC1. The van der Waals surface area contributed by atoms with Crippen LogP contribution in [-0.2, 0) is 9.84 Å². The Morgan fingerprint density at radius 3 is 2.34 bits per heavy atom. The molecule has 8 heteroatoms. The van der Waals surface area contributed by atoms with Crippen LogP contribution >= 0.6 is 0 Å². The molecule has 0 aliphatic carbocycles. The molecule has 0 radical (unpaired) electrons. The molecule has 0 bridgehead atoms. The van der Waals surface area contributed by atoms with Crippen LogP contribution in [0.3, 0.4) is 0 Å². The Morgan fingerprint density at radius 1 is 1.03 bits per heavy atom. The molecule has 2 aromatic rings. The van der Waals surface area contributed by atoms with Gasteiger partial charge >= 0.3 is 0 Å². The van der Waals surface area contributed by atoms with Crippen molar-refractivity contribution in [1.29, 1.82) is 0 Å². The van der Waals surface area contributed by atoms with Gasteiger partial charge in [0.1, 0.15) is 5.75 Å². The number of aliphatic imine (C=N–C) groups is 1. The van der Waals surface area contributed by atoms with Crippen LogP contribution in [0.25, 0.3) is 0 Å². The molecule has 1 N–H and O–H groups in total. The van der Waals surface area contributed by atoms with Crippen LogP contribution in [-0.4, -0.2) is 71.9 Å². The summed E-state index contributed by atoms with van der Waals surface area (Å²) in [7, 11) is 0.102. The second-order valence-corrected chi connectivity index (χ2v) is 8.86. The Morgan fingerprint density at radius 2 is 1.69 bits per heavy atom. The number of rotatable bonds is 6. The van der Waals surface area contributed by atoms with Gasteiger partial charge in [0.15, 0.2) is 15.8 Å². The zero-order valence-corrected chi connectivity index (χ0v) is 17.7. The quantitative estimate of drug-likeness (QED) is 0.572. The highest BCUT2D eigenvalue weighted by Gasteiger charge is 2.22. The lowest BCUT2D eigenvalue weighted by Crippen LogP contribution is -2.53. The molecule has 1 heterocycles. The van der Waals surface area contributed by atoms with Crippen LogP contribution in [0.4, 0.5) is 5.69 Å². The Hall–Kier alpha value is -2.74. The van der Waals surface area contributed by atoms with Crippen molar-refractivity contribution in [3.63, 3.8) is 0 Å². The molecule has 1 fully saturated rings. The fourth-order valence-corrected chi connectivity index (χ4v) is 4.60. The highest BCUT2D eigenvalue weighted by atomic mass is 32.2. The van der Waals surface area contributed by atoms with Gasteiger partial charge in [-0.1, -0.05) is 30.3 Å². The van der Waals surface area contributed by atoms with Gasteiger partial charge < -0.3 is 19.9 Å². The molecule has 0 amide bonds. The van der Waals surface area contributed by atoms with Crippen molar-refractivity contribution in [3.8, 4) is 5.75 Å². The van der Waals surface area contributed by atoms with E-state index in [1.165, 1.54) is 0 Å². The monoisotopic (exact) mass is 416 g/mol. The molecule has 1 aliphatic rings. The van der Waals surface area contributed by atoms with Gasteiger partial charge in [-0.25, -0.2) is 8.42 Å². The normalized spacial score (nSPS) is 15.3. The molecule has 3 rings (SSSR count). The zero-order valence-electron chi connectivity index (χ0n) is 16.9. The molecule has 7 nitrogen and oxygen atoms in total. The van der Waals surface area contributed by atoms with E-state index in [0.717, 1.165) is 43.6 Å². The lowest BCUT2D eigenvalue weighted by molar-refractivity contribution is 0.368. The number of hydrogen-bond donors (Lipinski definition) is 1. The fraction of sp³-hybridized carbons (Fsp3) is 0.381. The smallest absolute Gasteiger partial charge is 0.193 e. The highest BCUT2D eigenvalue weighted by Crippen LogP contribution is 2.28. The van der Waals surface area contributed by atoms with Crippen LogP contribution in [0.5, 0.6) is 5.75 Å². The van der Waals surface area contributed by atoms with Crippen molar-refractivity contribution >= 4 is 21.5 Å². The summed E-state index contributed by atoms with van der Waals surface area (Å²) in [5.41, 5.74) is 1.09. The van der Waals surface area contributed by atoms with E-state index in [4.69, 9.17) is 4.74 Å². The number of piperazine rings is 1. The molecule has 0 atom stereocenters. The summed E-state index contributed by atoms with van der Waals surface area (Å²) in [5.74, 6) is 1.62. The summed E-state index contributed by atoms with van der Waals surface area (Å²) in [5, 5.41) is 3.20. The van der Waals surface area contributed by atoms with Crippen LogP contribution in [0.1, 0.15) is 0 Å². The number of guanidine groups is 1. The van der Waals surface area contributed by atoms with Gasteiger partial charge in [0.2, 0.25) is 0 Å². The molecule has 0 spiro atoms. The van der Waals surface area contributed by atoms with E-state index in [9.17, 15) is 8.42 Å². The van der Waals surface area contributed by atoms with Crippen molar-refractivity contribution in [2.75, 3.05) is 57.5 Å². The molecule has 2 aromatic carbocycles. The molecule has 156 valence electrons. The minimum Gasteiger partial charge on any atom is -0.495 e. The average molecular weight is 417 g/mol. The standard InChI is InChI=1S/C21H28N4O3S/c1-22-21(23-12-17-29(26,27)18-8-4-3-5-9-18)25-15-13-24(14-16-25)19-10-6-7-11-20(19)28-2/h3-11H,12-17H2,1-2H3,(H,22,23). The highest BCUT2D eigenvalue weighted by molar-refractivity contribution is 7.91. The fourth-order valence-electron chi connectivity index (χ4n) is 3.43. The molecule has 29 heavy (non-hydrogen) atoms. The minimum atomic E-state index is -3.31. The predicted octanol–water partition coefficient (Wildman–Crippen LogP) is 1.87. The van der Waals surface area contributed by atoms with Crippen molar-refractivity contribution in [1.82, 2.24) is 10.2 Å². The Balaban J connectivity index is 1.53. The van der Waals surface area contributed by atoms with Crippen molar-refractivity contribution in [2.45, 2.75) is 4.90 Å². The van der Waals surface area contributed by atoms with Gasteiger partial charge in [0.25, 0.3) is 0 Å². The van der Waals surface area contributed by atoms with Crippen LogP contribution in [0.2, 0.25) is 0 Å². The maximum atomic E-state index is 12.4. The van der Waals surface area contributed by atoms with Gasteiger partial charge in [0.05, 0.1) is 23.4 Å². The van der Waals surface area contributed by atoms with Gasteiger partial charge in [-0.3, -0.25) is 4.99 Å². The van der Waals surface area contributed by atoms with E-state index in [0.29, 0.717) is 11.4 Å². The Kier molecular flexibility index (Phi) is 6.98. The van der Waals surface area contributed by atoms with Gasteiger partial charge in [-0.05, 0) is 24.3 Å². The van der Waals surface area contributed by atoms with Crippen LogP contribution < -0.4 is 15.0 Å². The lowest BCUT2D eigenvalue weighted by atomic mass is 10.2. The molecule has 0 aromatic heterocycles. The van der Waals surface area contributed by atoms with Crippen molar-refractivity contribution in [2.24, 2.45) is 4.99 Å². The second-order valence-electron chi connectivity index (χ2n) is 6.75. The van der Waals surface area contributed by atoms with Gasteiger partial charge in [-0.15, -0.1) is 0 Å². The average Bonchev–Trinajstić information content (AvgIpc) is 2.77. The molecular weight excluding hydrogens is 388 g/mol. The van der Waals surface area contributed by atoms with E-state index in [-0.39, 0.29) is 5.75 Å². The van der Waals surface area contributed by atoms with Gasteiger partial charge in [0, 0.05) is 39.8 Å². The first-order valence-corrected chi connectivity index (χ1v) is 11.3. The molecule has 1 saturated heterocycles. The third-order valence-corrected chi connectivity index (χ3v) is 6.71. The molecule has 0 saturated carbocycles. The maximum absolute atomic E-state index is 12.4. The number of hydrogen-bond acceptors (Lipinski definition) is 5. The number of methoxy groups -OCH3 is 1. The largest absolute Gasteiger partial charge is 0.495 e. The summed E-state index contributed by atoms with van der Waals surface area (Å²) in [6, 6.07) is 16.5. The van der Waals surface area contributed by atoms with E-state index < -0.39 is 9.84 Å². The number of para-hydroxylation sites is 2. The van der Waals surface area contributed by atoms with E-state index >= 15 is 0 Å². The summed E-state index contributed by atoms with van der Waals surface area (Å²) < 4.78 is 30.3. The van der Waals surface area contributed by atoms with Crippen LogP contribution in [0, 0.1) is 0 Å². The molecule has 0 unspecified atom stereocenters. The topological polar surface area (TPSA) is 74.2 Å². The third kappa shape index (κ3) is 5.20. The predicted molar refractivity (Wildman–Crippen MR) is 117 cm³/mol. The number of benzene rings is 2. The van der Waals surface area contributed by atoms with Gasteiger partial charge in [-0.2, -0.15) is 0 Å². The van der Waals surface area contributed by atoms with E-state index in [2.05, 4.69) is 26.2 Å². The lowest BCUT2D eigenvalue weighted by Gasteiger charge is -2.38. The first kappa shape index (κ1) is 21.0. The van der Waals surface area contributed by atoms with Crippen molar-refractivity contribution < 1.29 is 13.2 Å². The van der Waals surface area contributed by atoms with E-state index in [1.807, 2.05) is 24.3 Å². The third-order valence-electron chi connectivity index (χ3n) is 4.97. The number of nitrogens with one attached hydrogen (secondary N) is 1. The second kappa shape index (κ2) is 9.65.